The maximum Gasteiger partial charge on any atom is 0.274 e. The van der Waals surface area contributed by atoms with Crippen LogP contribution in [0.2, 0.25) is 0 Å². The molecule has 7 heteroatoms. The molecule has 0 aliphatic carbocycles. The largest absolute Gasteiger partial charge is 0.491 e. The molecule has 0 radical (unpaired) electrons. The van der Waals surface area contributed by atoms with Crippen molar-refractivity contribution in [3.8, 4) is 5.75 Å². The number of amides is 2. The standard InChI is InChI=1S/C18H24N2O5/c1-11-10-25-16-8-13(17(21)19-23)5-6-14(16)9-20(11)18(22)15-4-3-7-24-12(15)2/h5-6,8,11-12,15,23H,3-4,7,9-10H2,1-2H3,(H,19,21)/t11?,12-,15+/m1/s1. The molecule has 25 heavy (non-hydrogen) atoms. The second-order valence-electron chi connectivity index (χ2n) is 6.71. The van der Waals surface area contributed by atoms with Gasteiger partial charge >= 0.3 is 0 Å². The molecule has 2 N–H and O–H groups in total. The fourth-order valence-electron chi connectivity index (χ4n) is 3.42. The van der Waals surface area contributed by atoms with Gasteiger partial charge in [0.15, 0.2) is 0 Å². The number of rotatable bonds is 2. The fraction of sp³-hybridized carbons (Fsp3) is 0.556. The number of carbonyl (C=O) groups excluding carboxylic acids is 2. The Kier molecular flexibility index (Phi) is 5.24. The lowest BCUT2D eigenvalue weighted by Crippen LogP contribution is -2.47. The van der Waals surface area contributed by atoms with Gasteiger partial charge in [-0.25, -0.2) is 5.48 Å². The summed E-state index contributed by atoms with van der Waals surface area (Å²) in [7, 11) is 0. The first-order chi connectivity index (χ1) is 12.0. The van der Waals surface area contributed by atoms with Crippen LogP contribution >= 0.6 is 0 Å². The summed E-state index contributed by atoms with van der Waals surface area (Å²) in [5.74, 6) is -0.0634. The molecule has 1 unspecified atom stereocenters. The molecule has 2 heterocycles. The van der Waals surface area contributed by atoms with Crippen LogP contribution in [0.15, 0.2) is 18.2 Å². The number of fused-ring (bicyclic) bond motifs is 1. The Bertz CT molecular complexity index is 663. The van der Waals surface area contributed by atoms with Gasteiger partial charge < -0.3 is 14.4 Å². The van der Waals surface area contributed by atoms with Crippen molar-refractivity contribution < 1.29 is 24.3 Å². The summed E-state index contributed by atoms with van der Waals surface area (Å²) in [4.78, 5) is 26.5. The minimum absolute atomic E-state index is 0.0762. The Labute approximate surface area is 146 Å². The predicted octanol–water partition coefficient (Wildman–Crippen LogP) is 1.73. The van der Waals surface area contributed by atoms with E-state index in [1.165, 1.54) is 0 Å². The molecule has 3 rings (SSSR count). The fourth-order valence-corrected chi connectivity index (χ4v) is 3.42. The van der Waals surface area contributed by atoms with Crippen LogP contribution < -0.4 is 10.2 Å². The first-order valence-corrected chi connectivity index (χ1v) is 8.63. The summed E-state index contributed by atoms with van der Waals surface area (Å²) in [6, 6.07) is 4.88. The summed E-state index contributed by atoms with van der Waals surface area (Å²) in [5.41, 5.74) is 2.77. The van der Waals surface area contributed by atoms with Gasteiger partial charge in [0, 0.05) is 24.3 Å². The molecule has 7 nitrogen and oxygen atoms in total. The van der Waals surface area contributed by atoms with Crippen molar-refractivity contribution in [3.05, 3.63) is 29.3 Å². The van der Waals surface area contributed by atoms with Crippen LogP contribution in [-0.2, 0) is 16.1 Å². The quantitative estimate of drug-likeness (QED) is 0.628. The monoisotopic (exact) mass is 348 g/mol. The third-order valence-corrected chi connectivity index (χ3v) is 4.99. The van der Waals surface area contributed by atoms with E-state index in [2.05, 4.69) is 0 Å². The number of nitrogens with one attached hydrogen (secondary N) is 1. The molecule has 0 bridgehead atoms. The molecule has 0 aromatic heterocycles. The number of nitrogens with zero attached hydrogens (tertiary/aromatic N) is 1. The molecule has 2 aliphatic heterocycles. The van der Waals surface area contributed by atoms with Crippen LogP contribution in [0.5, 0.6) is 5.75 Å². The smallest absolute Gasteiger partial charge is 0.274 e. The van der Waals surface area contributed by atoms with Crippen LogP contribution in [-0.4, -0.2) is 47.3 Å². The summed E-state index contributed by atoms with van der Waals surface area (Å²) in [6.07, 6.45) is 1.66. The molecule has 1 aromatic rings. The van der Waals surface area contributed by atoms with Crippen molar-refractivity contribution in [2.45, 2.75) is 45.4 Å². The number of hydrogen-bond donors (Lipinski definition) is 2. The van der Waals surface area contributed by atoms with Gasteiger partial charge in [0.2, 0.25) is 5.91 Å². The summed E-state index contributed by atoms with van der Waals surface area (Å²) in [6.45, 7) is 5.40. The second-order valence-corrected chi connectivity index (χ2v) is 6.71. The Morgan fingerprint density at radius 3 is 2.84 bits per heavy atom. The first-order valence-electron chi connectivity index (χ1n) is 8.63. The van der Waals surface area contributed by atoms with Crippen molar-refractivity contribution in [3.63, 3.8) is 0 Å². The maximum atomic E-state index is 13.1. The van der Waals surface area contributed by atoms with Crippen LogP contribution in [0.3, 0.4) is 0 Å². The molecule has 2 aliphatic rings. The van der Waals surface area contributed by atoms with Crippen molar-refractivity contribution >= 4 is 11.8 Å². The van der Waals surface area contributed by atoms with E-state index in [1.807, 2.05) is 18.7 Å². The van der Waals surface area contributed by atoms with E-state index < -0.39 is 5.91 Å². The lowest BCUT2D eigenvalue weighted by molar-refractivity contribution is -0.147. The highest BCUT2D eigenvalue weighted by Crippen LogP contribution is 2.30. The summed E-state index contributed by atoms with van der Waals surface area (Å²) >= 11 is 0. The van der Waals surface area contributed by atoms with E-state index in [9.17, 15) is 9.59 Å². The number of hydrogen-bond acceptors (Lipinski definition) is 5. The van der Waals surface area contributed by atoms with Gasteiger partial charge in [-0.05, 0) is 38.8 Å². The Balaban J connectivity index is 1.82. The molecule has 1 aromatic carbocycles. The minimum Gasteiger partial charge on any atom is -0.491 e. The maximum absolute atomic E-state index is 13.1. The minimum atomic E-state index is -0.593. The molecule has 2 amide bonds. The van der Waals surface area contributed by atoms with E-state index in [4.69, 9.17) is 14.7 Å². The lowest BCUT2D eigenvalue weighted by Gasteiger charge is -2.35. The van der Waals surface area contributed by atoms with Crippen LogP contribution in [0.1, 0.15) is 42.6 Å². The Hall–Kier alpha value is -2.12. The molecule has 1 saturated heterocycles. The van der Waals surface area contributed by atoms with Crippen LogP contribution in [0, 0.1) is 5.92 Å². The van der Waals surface area contributed by atoms with Crippen molar-refractivity contribution in [2.24, 2.45) is 5.92 Å². The Morgan fingerprint density at radius 1 is 1.32 bits per heavy atom. The number of carbonyl (C=O) groups is 2. The van der Waals surface area contributed by atoms with Gasteiger partial charge in [-0.3, -0.25) is 14.8 Å². The normalized spacial score (nSPS) is 26.2. The van der Waals surface area contributed by atoms with Gasteiger partial charge in [-0.2, -0.15) is 0 Å². The molecular formula is C18H24N2O5. The number of ether oxygens (including phenoxy) is 2. The topological polar surface area (TPSA) is 88.1 Å². The average Bonchev–Trinajstić information content (AvgIpc) is 2.79. The summed E-state index contributed by atoms with van der Waals surface area (Å²) < 4.78 is 11.4. The van der Waals surface area contributed by atoms with E-state index >= 15 is 0 Å². The average molecular weight is 348 g/mol. The van der Waals surface area contributed by atoms with E-state index in [1.54, 1.807) is 23.7 Å². The van der Waals surface area contributed by atoms with Gasteiger partial charge in [0.1, 0.15) is 12.4 Å². The first kappa shape index (κ1) is 17.7. The SMILES string of the molecule is CC1COc2cc(C(=O)NO)ccc2CN1C(=O)[C@H]1CCCO[C@@H]1C. The van der Waals surface area contributed by atoms with Crippen LogP contribution in [0.25, 0.3) is 0 Å². The van der Waals surface area contributed by atoms with Gasteiger partial charge in [-0.1, -0.05) is 6.07 Å². The van der Waals surface area contributed by atoms with E-state index in [0.29, 0.717) is 31.1 Å². The van der Waals surface area contributed by atoms with E-state index in [0.717, 1.165) is 18.4 Å². The molecule has 3 atom stereocenters. The highest BCUT2D eigenvalue weighted by Gasteiger charge is 2.35. The van der Waals surface area contributed by atoms with Crippen molar-refractivity contribution in [1.82, 2.24) is 10.4 Å². The predicted molar refractivity (Wildman–Crippen MR) is 89.3 cm³/mol. The molecule has 136 valence electrons. The van der Waals surface area contributed by atoms with Gasteiger partial charge in [0.05, 0.1) is 18.1 Å². The second kappa shape index (κ2) is 7.41. The van der Waals surface area contributed by atoms with Crippen LogP contribution in [0.4, 0.5) is 0 Å². The molecule has 0 spiro atoms. The zero-order chi connectivity index (χ0) is 18.0. The van der Waals surface area contributed by atoms with E-state index in [-0.39, 0.29) is 24.0 Å². The van der Waals surface area contributed by atoms with Crippen molar-refractivity contribution in [1.29, 1.82) is 0 Å². The third kappa shape index (κ3) is 3.62. The molecule has 0 saturated carbocycles. The van der Waals surface area contributed by atoms with Crippen molar-refractivity contribution in [2.75, 3.05) is 13.2 Å². The molecular weight excluding hydrogens is 324 g/mol. The van der Waals surface area contributed by atoms with Gasteiger partial charge in [0.25, 0.3) is 5.91 Å². The lowest BCUT2D eigenvalue weighted by atomic mass is 9.93. The van der Waals surface area contributed by atoms with Gasteiger partial charge in [-0.15, -0.1) is 0 Å². The number of hydroxylamine groups is 1. The highest BCUT2D eigenvalue weighted by molar-refractivity contribution is 5.93. The Morgan fingerprint density at radius 2 is 2.12 bits per heavy atom. The third-order valence-electron chi connectivity index (χ3n) is 4.99. The highest BCUT2D eigenvalue weighted by atomic mass is 16.5. The summed E-state index contributed by atoms with van der Waals surface area (Å²) in [5, 5.41) is 8.77. The zero-order valence-corrected chi connectivity index (χ0v) is 14.5. The zero-order valence-electron chi connectivity index (χ0n) is 14.5. The number of benzene rings is 1. The molecule has 1 fully saturated rings.